The Balaban J connectivity index is 2.76. The first kappa shape index (κ1) is 16.0. The standard InChI is InChI=1S/C13H23N5O2/c1-5-7-15-12(19)8(3)16-13(20)11-10(14)9(6-2)17-18(11)4/h8H,5-7,14H2,1-4H3,(H,15,19)(H,16,20). The Bertz CT molecular complexity index is 495. The summed E-state index contributed by atoms with van der Waals surface area (Å²) in [6.07, 6.45) is 1.50. The van der Waals surface area contributed by atoms with Gasteiger partial charge >= 0.3 is 0 Å². The molecule has 1 unspecified atom stereocenters. The van der Waals surface area contributed by atoms with E-state index in [9.17, 15) is 9.59 Å². The largest absolute Gasteiger partial charge is 0.395 e. The molecular formula is C13H23N5O2. The third-order valence-electron chi connectivity index (χ3n) is 3.00. The van der Waals surface area contributed by atoms with Crippen molar-refractivity contribution in [1.82, 2.24) is 20.4 Å². The number of hydrogen-bond acceptors (Lipinski definition) is 4. The number of carbonyl (C=O) groups excluding carboxylic acids is 2. The molecule has 0 aliphatic carbocycles. The smallest absolute Gasteiger partial charge is 0.272 e. The first-order valence-corrected chi connectivity index (χ1v) is 6.82. The summed E-state index contributed by atoms with van der Waals surface area (Å²) in [5.41, 5.74) is 7.24. The van der Waals surface area contributed by atoms with Crippen LogP contribution in [0.4, 0.5) is 5.69 Å². The fourth-order valence-corrected chi connectivity index (χ4v) is 1.86. The fourth-order valence-electron chi connectivity index (χ4n) is 1.86. The molecule has 0 spiro atoms. The summed E-state index contributed by atoms with van der Waals surface area (Å²) in [4.78, 5) is 23.9. The van der Waals surface area contributed by atoms with E-state index >= 15 is 0 Å². The number of nitrogens with two attached hydrogens (primary N) is 1. The molecule has 0 saturated heterocycles. The summed E-state index contributed by atoms with van der Waals surface area (Å²) >= 11 is 0. The number of amides is 2. The maximum atomic E-state index is 12.2. The summed E-state index contributed by atoms with van der Waals surface area (Å²) in [5.74, 6) is -0.604. The average molecular weight is 281 g/mol. The lowest BCUT2D eigenvalue weighted by molar-refractivity contribution is -0.122. The van der Waals surface area contributed by atoms with Gasteiger partial charge in [-0.25, -0.2) is 0 Å². The highest BCUT2D eigenvalue weighted by atomic mass is 16.2. The summed E-state index contributed by atoms with van der Waals surface area (Å²) in [6, 6.07) is -0.617. The molecule has 1 atom stereocenters. The Morgan fingerprint density at radius 1 is 1.40 bits per heavy atom. The lowest BCUT2D eigenvalue weighted by Crippen LogP contribution is -2.45. The highest BCUT2D eigenvalue weighted by molar-refractivity contribution is 6.00. The molecule has 1 aromatic rings. The van der Waals surface area contributed by atoms with Gasteiger partial charge in [0.2, 0.25) is 5.91 Å². The SMILES string of the molecule is CCCNC(=O)C(C)NC(=O)c1c(N)c(CC)nn1C. The molecular weight excluding hydrogens is 258 g/mol. The van der Waals surface area contributed by atoms with Crippen LogP contribution in [0, 0.1) is 0 Å². The monoisotopic (exact) mass is 281 g/mol. The number of anilines is 1. The maximum absolute atomic E-state index is 12.2. The summed E-state index contributed by atoms with van der Waals surface area (Å²) in [7, 11) is 1.66. The zero-order valence-electron chi connectivity index (χ0n) is 12.5. The molecule has 1 aromatic heterocycles. The number of rotatable bonds is 6. The third-order valence-corrected chi connectivity index (χ3v) is 3.00. The third kappa shape index (κ3) is 3.49. The first-order valence-electron chi connectivity index (χ1n) is 6.82. The number of nitrogen functional groups attached to an aromatic ring is 1. The number of aromatic nitrogens is 2. The lowest BCUT2D eigenvalue weighted by atomic mass is 10.2. The van der Waals surface area contributed by atoms with Crippen LogP contribution in [-0.4, -0.2) is 34.2 Å². The molecule has 0 saturated carbocycles. The highest BCUT2D eigenvalue weighted by Crippen LogP contribution is 2.16. The molecule has 1 heterocycles. The van der Waals surface area contributed by atoms with Gasteiger partial charge in [-0.3, -0.25) is 14.3 Å². The minimum absolute atomic E-state index is 0.211. The number of nitrogens with zero attached hydrogens (tertiary/aromatic N) is 2. The van der Waals surface area contributed by atoms with Crippen LogP contribution < -0.4 is 16.4 Å². The van der Waals surface area contributed by atoms with Gasteiger partial charge in [0.1, 0.15) is 11.7 Å². The van der Waals surface area contributed by atoms with Crippen LogP contribution in [0.15, 0.2) is 0 Å². The number of carbonyl (C=O) groups is 2. The van der Waals surface area contributed by atoms with E-state index in [0.29, 0.717) is 24.3 Å². The van der Waals surface area contributed by atoms with Crippen molar-refractivity contribution in [3.63, 3.8) is 0 Å². The van der Waals surface area contributed by atoms with Crippen molar-refractivity contribution >= 4 is 17.5 Å². The Morgan fingerprint density at radius 2 is 2.05 bits per heavy atom. The van der Waals surface area contributed by atoms with Crippen molar-refractivity contribution in [2.75, 3.05) is 12.3 Å². The fraction of sp³-hybridized carbons (Fsp3) is 0.615. The van der Waals surface area contributed by atoms with Crippen LogP contribution in [0.25, 0.3) is 0 Å². The van der Waals surface area contributed by atoms with E-state index in [2.05, 4.69) is 15.7 Å². The molecule has 7 heteroatoms. The van der Waals surface area contributed by atoms with Gasteiger partial charge < -0.3 is 16.4 Å². The van der Waals surface area contributed by atoms with E-state index in [0.717, 1.165) is 6.42 Å². The molecule has 0 aliphatic rings. The van der Waals surface area contributed by atoms with Crippen LogP contribution in [0.2, 0.25) is 0 Å². The maximum Gasteiger partial charge on any atom is 0.272 e. The van der Waals surface area contributed by atoms with Gasteiger partial charge in [0, 0.05) is 13.6 Å². The van der Waals surface area contributed by atoms with E-state index in [-0.39, 0.29) is 11.6 Å². The molecule has 4 N–H and O–H groups in total. The van der Waals surface area contributed by atoms with Crippen molar-refractivity contribution in [2.45, 2.75) is 39.7 Å². The van der Waals surface area contributed by atoms with Crippen molar-refractivity contribution < 1.29 is 9.59 Å². The van der Waals surface area contributed by atoms with Crippen LogP contribution in [0.5, 0.6) is 0 Å². The predicted octanol–water partition coefficient (Wildman–Crippen LogP) is 0.209. The minimum atomic E-state index is -0.617. The molecule has 1 rings (SSSR count). The number of aryl methyl sites for hydroxylation is 2. The van der Waals surface area contributed by atoms with Crippen molar-refractivity contribution in [3.05, 3.63) is 11.4 Å². The normalized spacial score (nSPS) is 12.0. The highest BCUT2D eigenvalue weighted by Gasteiger charge is 2.22. The van der Waals surface area contributed by atoms with Gasteiger partial charge in [-0.05, 0) is 19.8 Å². The van der Waals surface area contributed by atoms with E-state index in [1.165, 1.54) is 4.68 Å². The second kappa shape index (κ2) is 6.93. The Hall–Kier alpha value is -2.05. The van der Waals surface area contributed by atoms with Crippen molar-refractivity contribution in [3.8, 4) is 0 Å². The molecule has 112 valence electrons. The van der Waals surface area contributed by atoms with Gasteiger partial charge in [-0.15, -0.1) is 0 Å². The zero-order chi connectivity index (χ0) is 15.3. The van der Waals surface area contributed by atoms with Crippen LogP contribution in [0.3, 0.4) is 0 Å². The van der Waals surface area contributed by atoms with E-state index in [1.54, 1.807) is 14.0 Å². The van der Waals surface area contributed by atoms with Crippen molar-refractivity contribution in [1.29, 1.82) is 0 Å². The summed E-state index contributed by atoms with van der Waals surface area (Å²) in [6.45, 7) is 6.11. The van der Waals surface area contributed by atoms with Crippen LogP contribution in [0.1, 0.15) is 43.4 Å². The average Bonchev–Trinajstić information content (AvgIpc) is 2.70. The molecule has 0 radical (unpaired) electrons. The van der Waals surface area contributed by atoms with E-state index in [4.69, 9.17) is 5.73 Å². The molecule has 0 aromatic carbocycles. The Morgan fingerprint density at radius 3 is 2.55 bits per heavy atom. The lowest BCUT2D eigenvalue weighted by Gasteiger charge is -2.14. The van der Waals surface area contributed by atoms with E-state index < -0.39 is 11.9 Å². The van der Waals surface area contributed by atoms with Gasteiger partial charge in [0.05, 0.1) is 11.4 Å². The first-order chi connectivity index (χ1) is 9.42. The molecule has 7 nitrogen and oxygen atoms in total. The van der Waals surface area contributed by atoms with Crippen LogP contribution in [-0.2, 0) is 18.3 Å². The number of nitrogens with one attached hydrogen (secondary N) is 2. The summed E-state index contributed by atoms with van der Waals surface area (Å²) < 4.78 is 1.44. The molecule has 0 aliphatic heterocycles. The van der Waals surface area contributed by atoms with Gasteiger partial charge in [-0.1, -0.05) is 13.8 Å². The Labute approximate surface area is 118 Å². The summed E-state index contributed by atoms with van der Waals surface area (Å²) in [5, 5.41) is 9.54. The van der Waals surface area contributed by atoms with Gasteiger partial charge in [0.15, 0.2) is 0 Å². The Kier molecular flexibility index (Phi) is 5.54. The van der Waals surface area contributed by atoms with Gasteiger partial charge in [-0.2, -0.15) is 5.10 Å². The molecule has 0 bridgehead atoms. The number of hydrogen-bond donors (Lipinski definition) is 3. The van der Waals surface area contributed by atoms with Crippen LogP contribution >= 0.6 is 0 Å². The molecule has 2 amide bonds. The second-order valence-corrected chi connectivity index (χ2v) is 4.67. The topological polar surface area (TPSA) is 102 Å². The zero-order valence-corrected chi connectivity index (χ0v) is 12.5. The molecule has 0 fully saturated rings. The quantitative estimate of drug-likeness (QED) is 0.693. The van der Waals surface area contributed by atoms with Crippen molar-refractivity contribution in [2.24, 2.45) is 7.05 Å². The predicted molar refractivity (Wildman–Crippen MR) is 77.2 cm³/mol. The second-order valence-electron chi connectivity index (χ2n) is 4.67. The molecule has 20 heavy (non-hydrogen) atoms. The van der Waals surface area contributed by atoms with E-state index in [1.807, 2.05) is 13.8 Å². The minimum Gasteiger partial charge on any atom is -0.395 e. The van der Waals surface area contributed by atoms with Gasteiger partial charge in [0.25, 0.3) is 5.91 Å².